The molecule has 0 aliphatic carbocycles. The zero-order valence-electron chi connectivity index (χ0n) is 19.9. The number of morpholine rings is 1. The van der Waals surface area contributed by atoms with E-state index in [-0.39, 0.29) is 29.2 Å². The number of hydrogen-bond acceptors (Lipinski definition) is 9. The number of fused-ring (bicyclic) bond motifs is 2. The van der Waals surface area contributed by atoms with Crippen molar-refractivity contribution >= 4 is 34.7 Å². The molecule has 1 N–H and O–H groups in total. The Balaban J connectivity index is 1.54. The van der Waals surface area contributed by atoms with Crippen LogP contribution >= 0.6 is 22.9 Å². The molecule has 198 valence electrons. The number of piperazine rings is 1. The molecule has 3 aliphatic heterocycles. The third-order valence-electron chi connectivity index (χ3n) is 6.66. The molecule has 13 heteroatoms. The van der Waals surface area contributed by atoms with E-state index in [9.17, 15) is 18.0 Å². The zero-order valence-corrected chi connectivity index (χ0v) is 21.4. The van der Waals surface area contributed by atoms with Crippen LogP contribution in [0.5, 0.6) is 0 Å². The fraction of sp³-hybridized carbons (Fsp3) is 0.458. The molecule has 5 rings (SSSR count). The summed E-state index contributed by atoms with van der Waals surface area (Å²) in [5, 5.41) is 5.82. The first-order valence-electron chi connectivity index (χ1n) is 11.7. The number of esters is 1. The molecule has 2 bridgehead atoms. The van der Waals surface area contributed by atoms with E-state index in [0.29, 0.717) is 55.0 Å². The number of rotatable bonds is 7. The van der Waals surface area contributed by atoms with E-state index in [4.69, 9.17) is 26.1 Å². The normalized spacial score (nSPS) is 24.7. The monoisotopic (exact) mass is 555 g/mol. The molecule has 37 heavy (non-hydrogen) atoms. The number of halogens is 4. The number of alkyl halides is 2. The molecule has 3 aliphatic rings. The van der Waals surface area contributed by atoms with Crippen LogP contribution in [0.15, 0.2) is 46.0 Å². The van der Waals surface area contributed by atoms with Crippen molar-refractivity contribution in [2.75, 3.05) is 46.5 Å². The Hall–Kier alpha value is -2.51. The molecule has 1 aromatic heterocycles. The fourth-order valence-corrected chi connectivity index (χ4v) is 5.93. The second-order valence-corrected chi connectivity index (χ2v) is 10.3. The Labute approximate surface area is 220 Å². The van der Waals surface area contributed by atoms with Crippen LogP contribution in [-0.4, -0.2) is 91.6 Å². The van der Waals surface area contributed by atoms with Crippen LogP contribution in [0, 0.1) is 5.82 Å². The summed E-state index contributed by atoms with van der Waals surface area (Å²) in [5.41, 5.74) is 1.23. The van der Waals surface area contributed by atoms with E-state index in [0.717, 1.165) is 0 Å². The van der Waals surface area contributed by atoms with Gasteiger partial charge in [0.05, 0.1) is 32.4 Å². The summed E-state index contributed by atoms with van der Waals surface area (Å²) in [4.78, 5) is 26.2. The number of aromatic nitrogens is 1. The van der Waals surface area contributed by atoms with E-state index >= 15 is 0 Å². The lowest BCUT2D eigenvalue weighted by Crippen LogP contribution is -2.65. The smallest absolute Gasteiger partial charge is 0.338 e. The molecule has 0 spiro atoms. The second-order valence-electron chi connectivity index (χ2n) is 9.02. The lowest BCUT2D eigenvalue weighted by Gasteiger charge is -2.50. The molecule has 2 unspecified atom stereocenters. The number of nitrogens with zero attached hydrogens (tertiary/aromatic N) is 4. The third kappa shape index (κ3) is 5.53. The molecular weight excluding hydrogens is 531 g/mol. The standard InChI is InChI=1S/C24H25ClF3N5O3S/c1-35-24(34)20-18(9-33-14-7-32(10-19(27)28)8-15(33)12-36-11-14)30-22(23-29-4-5-37-23)31-21(20)16-3-2-13(26)6-17(16)25/h2-6,14-15,19,21H,7-12H2,1H3,(H,30,31)/t14?,15?,21-/m0/s1. The van der Waals surface area contributed by atoms with Gasteiger partial charge in [0.15, 0.2) is 10.8 Å². The Morgan fingerprint density at radius 2 is 2.08 bits per heavy atom. The quantitative estimate of drug-likeness (QED) is 0.526. The number of carbonyl (C=O) groups excluding carboxylic acids is 1. The van der Waals surface area contributed by atoms with Gasteiger partial charge in [-0.05, 0) is 12.1 Å². The highest BCUT2D eigenvalue weighted by molar-refractivity contribution is 7.11. The van der Waals surface area contributed by atoms with Gasteiger partial charge in [-0.2, -0.15) is 0 Å². The summed E-state index contributed by atoms with van der Waals surface area (Å²) in [6, 6.07) is 2.79. The molecule has 2 fully saturated rings. The van der Waals surface area contributed by atoms with Crippen molar-refractivity contribution in [1.82, 2.24) is 20.1 Å². The molecule has 0 saturated carbocycles. The van der Waals surface area contributed by atoms with E-state index in [1.54, 1.807) is 11.1 Å². The average Bonchev–Trinajstić information content (AvgIpc) is 3.38. The summed E-state index contributed by atoms with van der Waals surface area (Å²) < 4.78 is 50.9. The number of carbonyl (C=O) groups is 1. The lowest BCUT2D eigenvalue weighted by atomic mass is 9.94. The maximum Gasteiger partial charge on any atom is 0.338 e. The van der Waals surface area contributed by atoms with Gasteiger partial charge in [-0.15, -0.1) is 11.3 Å². The number of aliphatic imine (C=N–C) groups is 1. The molecule has 1 aromatic carbocycles. The van der Waals surface area contributed by atoms with Crippen LogP contribution in [0.25, 0.3) is 0 Å². The summed E-state index contributed by atoms with van der Waals surface area (Å²) in [6.45, 7) is 1.62. The summed E-state index contributed by atoms with van der Waals surface area (Å²) in [5.74, 6) is -0.668. The first-order chi connectivity index (χ1) is 17.8. The largest absolute Gasteiger partial charge is 0.466 e. The van der Waals surface area contributed by atoms with Gasteiger partial charge in [0, 0.05) is 59.6 Å². The summed E-state index contributed by atoms with van der Waals surface area (Å²) >= 11 is 7.78. The molecule has 4 heterocycles. The highest BCUT2D eigenvalue weighted by Gasteiger charge is 2.41. The topological polar surface area (TPSA) is 79.3 Å². The van der Waals surface area contributed by atoms with E-state index in [1.165, 1.54) is 36.6 Å². The van der Waals surface area contributed by atoms with Crippen LogP contribution < -0.4 is 5.32 Å². The van der Waals surface area contributed by atoms with Crippen molar-refractivity contribution in [2.24, 2.45) is 4.99 Å². The van der Waals surface area contributed by atoms with Crippen LogP contribution in [0.2, 0.25) is 5.02 Å². The zero-order chi connectivity index (χ0) is 26.1. The van der Waals surface area contributed by atoms with Crippen molar-refractivity contribution < 1.29 is 27.4 Å². The molecule has 0 radical (unpaired) electrons. The predicted octanol–water partition coefficient (Wildman–Crippen LogP) is 3.10. The molecule has 0 amide bonds. The minimum absolute atomic E-state index is 0.126. The van der Waals surface area contributed by atoms with Gasteiger partial charge in [-0.25, -0.2) is 22.9 Å². The first-order valence-corrected chi connectivity index (χ1v) is 12.9. The fourth-order valence-electron chi connectivity index (χ4n) is 5.07. The van der Waals surface area contributed by atoms with Crippen molar-refractivity contribution in [1.29, 1.82) is 0 Å². The van der Waals surface area contributed by atoms with Gasteiger partial charge < -0.3 is 14.8 Å². The van der Waals surface area contributed by atoms with Gasteiger partial charge in [-0.3, -0.25) is 14.8 Å². The van der Waals surface area contributed by atoms with Gasteiger partial charge in [0.1, 0.15) is 11.9 Å². The third-order valence-corrected chi connectivity index (χ3v) is 7.76. The van der Waals surface area contributed by atoms with Gasteiger partial charge >= 0.3 is 5.97 Å². The molecular formula is C24H25ClF3N5O3S. The Kier molecular flexibility index (Phi) is 7.82. The summed E-state index contributed by atoms with van der Waals surface area (Å²) in [6.07, 6.45) is -0.770. The predicted molar refractivity (Wildman–Crippen MR) is 133 cm³/mol. The van der Waals surface area contributed by atoms with E-state index < -0.39 is 24.3 Å². The van der Waals surface area contributed by atoms with Crippen LogP contribution in [-0.2, 0) is 14.3 Å². The minimum Gasteiger partial charge on any atom is -0.466 e. The maximum atomic E-state index is 13.9. The van der Waals surface area contributed by atoms with Gasteiger partial charge in [-0.1, -0.05) is 17.7 Å². The number of benzene rings is 1. The summed E-state index contributed by atoms with van der Waals surface area (Å²) in [7, 11) is 1.28. The Morgan fingerprint density at radius 1 is 1.32 bits per heavy atom. The highest BCUT2D eigenvalue weighted by Crippen LogP contribution is 2.37. The SMILES string of the molecule is COC(=O)C1=C(CN2C3COCC2CN(CC(F)F)C3)NC(c2nccs2)=N[C@H]1c1ccc(F)cc1Cl. The van der Waals surface area contributed by atoms with E-state index in [1.807, 2.05) is 5.38 Å². The molecule has 2 aromatic rings. The molecule has 8 nitrogen and oxygen atoms in total. The van der Waals surface area contributed by atoms with Crippen molar-refractivity contribution in [2.45, 2.75) is 24.6 Å². The van der Waals surface area contributed by atoms with Crippen LogP contribution in [0.1, 0.15) is 16.6 Å². The van der Waals surface area contributed by atoms with E-state index in [2.05, 4.69) is 15.2 Å². The number of nitrogens with one attached hydrogen (secondary N) is 1. The van der Waals surface area contributed by atoms with Gasteiger partial charge in [0.2, 0.25) is 0 Å². The van der Waals surface area contributed by atoms with Crippen molar-refractivity contribution in [3.63, 3.8) is 0 Å². The first kappa shape index (κ1) is 26.1. The number of ether oxygens (including phenoxy) is 2. The average molecular weight is 556 g/mol. The maximum absolute atomic E-state index is 13.9. The highest BCUT2D eigenvalue weighted by atomic mass is 35.5. The number of methoxy groups -OCH3 is 1. The second kappa shape index (κ2) is 11.1. The van der Waals surface area contributed by atoms with Crippen molar-refractivity contribution in [3.05, 3.63) is 62.5 Å². The lowest BCUT2D eigenvalue weighted by molar-refractivity contribution is -0.136. The van der Waals surface area contributed by atoms with Crippen molar-refractivity contribution in [3.8, 4) is 0 Å². The number of thiazole rings is 1. The number of amidine groups is 1. The number of hydrogen-bond donors (Lipinski definition) is 1. The Bertz CT molecular complexity index is 1200. The minimum atomic E-state index is -2.42. The molecule has 2 saturated heterocycles. The van der Waals surface area contributed by atoms with Crippen LogP contribution in [0.3, 0.4) is 0 Å². The van der Waals surface area contributed by atoms with Gasteiger partial charge in [0.25, 0.3) is 6.43 Å². The Morgan fingerprint density at radius 3 is 2.70 bits per heavy atom. The molecule has 3 atom stereocenters. The van der Waals surface area contributed by atoms with Crippen LogP contribution in [0.4, 0.5) is 13.2 Å².